The quantitative estimate of drug-likeness (QED) is 0.468. The lowest BCUT2D eigenvalue weighted by Crippen LogP contribution is -2.29. The number of carbonyl (C=O) groups excluding carboxylic acids is 1. The number of nitrogens with one attached hydrogen (secondary N) is 1. The van der Waals surface area contributed by atoms with Crippen LogP contribution in [-0.2, 0) is 13.0 Å². The summed E-state index contributed by atoms with van der Waals surface area (Å²) in [5.41, 5.74) is 10.2. The van der Waals surface area contributed by atoms with Gasteiger partial charge in [-0.2, -0.15) is 5.10 Å². The van der Waals surface area contributed by atoms with Gasteiger partial charge in [0, 0.05) is 42.5 Å². The van der Waals surface area contributed by atoms with Crippen molar-refractivity contribution in [3.63, 3.8) is 0 Å². The number of fused-ring (bicyclic) bond motifs is 2. The molecular weight excluding hydrogens is 426 g/mol. The molecule has 1 amide bonds. The number of alkyl halides is 2. The maximum atomic E-state index is 13.3. The normalized spacial score (nSPS) is 13.0. The minimum atomic E-state index is -2.65. The van der Waals surface area contributed by atoms with E-state index >= 15 is 0 Å². The Morgan fingerprint density at radius 3 is 2.91 bits per heavy atom. The molecule has 0 fully saturated rings. The van der Waals surface area contributed by atoms with Gasteiger partial charge in [-0.25, -0.2) is 13.8 Å². The monoisotopic (exact) mass is 448 g/mol. The summed E-state index contributed by atoms with van der Waals surface area (Å²) < 4.78 is 28.5. The second-order valence-corrected chi connectivity index (χ2v) is 7.92. The molecule has 0 unspecified atom stereocenters. The number of hydrogen-bond donors (Lipinski definition) is 2. The van der Waals surface area contributed by atoms with Crippen LogP contribution in [-0.4, -0.2) is 38.7 Å². The zero-order valence-electron chi connectivity index (χ0n) is 17.8. The van der Waals surface area contributed by atoms with Crippen molar-refractivity contribution in [3.8, 4) is 22.5 Å². The molecule has 1 aromatic carbocycles. The smallest absolute Gasteiger partial charge is 0.280 e. The zero-order valence-corrected chi connectivity index (χ0v) is 17.8. The summed E-state index contributed by atoms with van der Waals surface area (Å²) in [7, 11) is 0. The van der Waals surface area contributed by atoms with Crippen molar-refractivity contribution in [2.45, 2.75) is 25.8 Å². The van der Waals surface area contributed by atoms with Gasteiger partial charge >= 0.3 is 0 Å². The van der Waals surface area contributed by atoms with Crippen LogP contribution in [0, 0.1) is 0 Å². The van der Waals surface area contributed by atoms with E-state index in [0.29, 0.717) is 30.0 Å². The fourth-order valence-electron chi connectivity index (χ4n) is 4.22. The Bertz CT molecular complexity index is 1350. The predicted octanol–water partition coefficient (Wildman–Crippen LogP) is 3.73. The number of halogens is 2. The lowest BCUT2D eigenvalue weighted by Gasteiger charge is -2.09. The lowest BCUT2D eigenvalue weighted by atomic mass is 9.98. The number of amides is 1. The van der Waals surface area contributed by atoms with Crippen LogP contribution in [0.25, 0.3) is 33.4 Å². The van der Waals surface area contributed by atoms with Crippen LogP contribution in [0.3, 0.4) is 0 Å². The zero-order chi connectivity index (χ0) is 22.9. The van der Waals surface area contributed by atoms with E-state index in [-0.39, 0.29) is 11.6 Å². The van der Waals surface area contributed by atoms with Gasteiger partial charge in [-0.15, -0.1) is 0 Å². The molecule has 168 valence electrons. The highest BCUT2D eigenvalue weighted by Gasteiger charge is 2.25. The molecule has 3 aromatic heterocycles. The maximum absolute atomic E-state index is 13.3. The molecular formula is C24H22F2N6O. The van der Waals surface area contributed by atoms with Crippen LogP contribution < -0.4 is 11.1 Å². The Balaban J connectivity index is 1.62. The molecule has 0 saturated carbocycles. The number of nitrogens with two attached hydrogens (primary N) is 1. The van der Waals surface area contributed by atoms with Crippen LogP contribution in [0.2, 0.25) is 0 Å². The molecule has 0 saturated heterocycles. The number of aryl methyl sites for hydroxylation is 1. The minimum absolute atomic E-state index is 0.236. The lowest BCUT2D eigenvalue weighted by molar-refractivity contribution is 0.0954. The van der Waals surface area contributed by atoms with E-state index in [0.717, 1.165) is 47.1 Å². The molecule has 9 heteroatoms. The average molecular weight is 448 g/mol. The summed E-state index contributed by atoms with van der Waals surface area (Å²) in [6.07, 6.45) is 0.699. The highest BCUT2D eigenvalue weighted by atomic mass is 19.3. The van der Waals surface area contributed by atoms with E-state index in [2.05, 4.69) is 15.3 Å². The fourth-order valence-corrected chi connectivity index (χ4v) is 4.22. The number of rotatable bonds is 6. The van der Waals surface area contributed by atoms with Gasteiger partial charge in [0.05, 0.1) is 16.8 Å². The fraction of sp³-hybridized carbons (Fsp3) is 0.250. The third kappa shape index (κ3) is 3.95. The maximum Gasteiger partial charge on any atom is 0.280 e. The summed E-state index contributed by atoms with van der Waals surface area (Å²) >= 11 is 0. The van der Waals surface area contributed by atoms with E-state index in [1.54, 1.807) is 18.2 Å². The largest absolute Gasteiger partial charge is 0.351 e. The van der Waals surface area contributed by atoms with Crippen LogP contribution in [0.5, 0.6) is 0 Å². The van der Waals surface area contributed by atoms with Crippen molar-refractivity contribution >= 4 is 16.8 Å². The summed E-state index contributed by atoms with van der Waals surface area (Å²) in [5, 5.41) is 8.26. The van der Waals surface area contributed by atoms with Gasteiger partial charge in [-0.3, -0.25) is 14.5 Å². The molecule has 0 atom stereocenters. The molecule has 1 aliphatic heterocycles. The number of pyridine rings is 2. The van der Waals surface area contributed by atoms with Gasteiger partial charge in [-0.1, -0.05) is 12.1 Å². The topological polar surface area (TPSA) is 98.7 Å². The average Bonchev–Trinajstić information content (AvgIpc) is 3.43. The van der Waals surface area contributed by atoms with Gasteiger partial charge < -0.3 is 11.1 Å². The molecule has 0 aliphatic carbocycles. The minimum Gasteiger partial charge on any atom is -0.351 e. The molecule has 4 heterocycles. The van der Waals surface area contributed by atoms with Crippen molar-refractivity contribution in [3.05, 3.63) is 65.6 Å². The molecule has 0 spiro atoms. The summed E-state index contributed by atoms with van der Waals surface area (Å²) in [6.45, 7) is 1.51. The van der Waals surface area contributed by atoms with Gasteiger partial charge in [0.2, 0.25) is 0 Å². The van der Waals surface area contributed by atoms with E-state index in [4.69, 9.17) is 10.8 Å². The van der Waals surface area contributed by atoms with E-state index < -0.39 is 6.43 Å². The van der Waals surface area contributed by atoms with E-state index in [1.165, 1.54) is 12.3 Å². The van der Waals surface area contributed by atoms with Crippen LogP contribution in [0.4, 0.5) is 8.78 Å². The number of nitrogens with zero attached hydrogens (tertiary/aromatic N) is 4. The SMILES string of the molecule is NCCNC(=O)c1cnc2ccc(-c3c(-c4cccc(C(F)F)n4)nn4c3CCC4)cc2c1. The van der Waals surface area contributed by atoms with Crippen LogP contribution >= 0.6 is 0 Å². The molecule has 0 bridgehead atoms. The first-order valence-corrected chi connectivity index (χ1v) is 10.8. The second-order valence-electron chi connectivity index (χ2n) is 7.92. The summed E-state index contributed by atoms with van der Waals surface area (Å²) in [5.74, 6) is -0.236. The van der Waals surface area contributed by atoms with Gasteiger partial charge in [0.1, 0.15) is 11.4 Å². The summed E-state index contributed by atoms with van der Waals surface area (Å²) in [4.78, 5) is 20.9. The van der Waals surface area contributed by atoms with Gasteiger partial charge in [-0.05, 0) is 48.7 Å². The van der Waals surface area contributed by atoms with Crippen LogP contribution in [0.15, 0.2) is 48.7 Å². The van der Waals surface area contributed by atoms with Gasteiger partial charge in [0.25, 0.3) is 12.3 Å². The molecule has 1 aliphatic rings. The number of aromatic nitrogens is 4. The number of hydrogen-bond acceptors (Lipinski definition) is 5. The molecule has 3 N–H and O–H groups in total. The first-order valence-electron chi connectivity index (χ1n) is 10.8. The first-order chi connectivity index (χ1) is 16.0. The van der Waals surface area contributed by atoms with E-state index in [9.17, 15) is 13.6 Å². The van der Waals surface area contributed by atoms with E-state index in [1.807, 2.05) is 22.9 Å². The van der Waals surface area contributed by atoms with Gasteiger partial charge in [0.15, 0.2) is 0 Å². The Kier molecular flexibility index (Phi) is 5.55. The van der Waals surface area contributed by atoms with Crippen molar-refractivity contribution in [1.29, 1.82) is 0 Å². The first kappa shape index (κ1) is 21.1. The van der Waals surface area contributed by atoms with Crippen molar-refractivity contribution < 1.29 is 13.6 Å². The van der Waals surface area contributed by atoms with Crippen molar-refractivity contribution in [1.82, 2.24) is 25.1 Å². The Labute approximate surface area is 188 Å². The third-order valence-corrected chi connectivity index (χ3v) is 5.74. The number of carbonyl (C=O) groups is 1. The Morgan fingerprint density at radius 2 is 2.09 bits per heavy atom. The molecule has 0 radical (unpaired) electrons. The third-order valence-electron chi connectivity index (χ3n) is 5.74. The molecule has 5 rings (SSSR count). The molecule has 33 heavy (non-hydrogen) atoms. The van der Waals surface area contributed by atoms with Crippen molar-refractivity contribution in [2.75, 3.05) is 13.1 Å². The Morgan fingerprint density at radius 1 is 1.21 bits per heavy atom. The molecule has 7 nitrogen and oxygen atoms in total. The van der Waals surface area contributed by atoms with Crippen LogP contribution in [0.1, 0.15) is 34.6 Å². The standard InChI is InChI=1S/C24H22F2N6O/c25-23(26)19-4-1-3-18(30-19)22-21(20-5-2-10-32(20)31-22)14-6-7-17-15(11-14)12-16(13-29-17)24(33)28-9-8-27/h1,3-4,6-7,11-13,23H,2,5,8-10,27H2,(H,28,33). The molecule has 4 aromatic rings. The predicted molar refractivity (Wildman–Crippen MR) is 121 cm³/mol. The second kappa shape index (κ2) is 8.67. The highest BCUT2D eigenvalue weighted by molar-refractivity contribution is 5.98. The number of benzene rings is 1. The summed E-state index contributed by atoms with van der Waals surface area (Å²) in [6, 6.07) is 12.2. The highest BCUT2D eigenvalue weighted by Crippen LogP contribution is 2.38. The van der Waals surface area contributed by atoms with Crippen molar-refractivity contribution in [2.24, 2.45) is 5.73 Å². The Hall–Kier alpha value is -3.72.